The first-order valence-corrected chi connectivity index (χ1v) is 26.4. The van der Waals surface area contributed by atoms with Crippen molar-refractivity contribution in [3.63, 3.8) is 0 Å². The van der Waals surface area contributed by atoms with Gasteiger partial charge in [-0.2, -0.15) is 20.2 Å². The maximum atomic E-state index is 15.9. The molecule has 350 valence electrons. The van der Waals surface area contributed by atoms with Crippen LogP contribution in [-0.2, 0) is 6.42 Å². The summed E-state index contributed by atoms with van der Waals surface area (Å²) in [6.07, 6.45) is 14.0. The molecule has 0 radical (unpaired) electrons. The van der Waals surface area contributed by atoms with Crippen molar-refractivity contribution in [2.75, 3.05) is 102 Å². The summed E-state index contributed by atoms with van der Waals surface area (Å²) in [5, 5.41) is 10.8. The van der Waals surface area contributed by atoms with Gasteiger partial charge in [0, 0.05) is 98.8 Å². The molecule has 2 aromatic heterocycles. The highest BCUT2D eigenvalue weighted by Crippen LogP contribution is 2.49. The minimum absolute atomic E-state index is 0.112. The van der Waals surface area contributed by atoms with Gasteiger partial charge in [0.1, 0.15) is 28.9 Å². The van der Waals surface area contributed by atoms with Crippen LogP contribution in [0, 0.1) is 23.4 Å². The van der Waals surface area contributed by atoms with Gasteiger partial charge in [-0.05, 0) is 130 Å². The van der Waals surface area contributed by atoms with E-state index in [4.69, 9.17) is 9.97 Å². The fourth-order valence-electron chi connectivity index (χ4n) is 10.9. The maximum absolute atomic E-state index is 15.9. The second-order valence-corrected chi connectivity index (χ2v) is 23.2. The molecule has 66 heavy (non-hydrogen) atoms. The average Bonchev–Trinajstić information content (AvgIpc) is 3.79. The predicted molar refractivity (Wildman–Crippen MR) is 267 cm³/mol. The highest BCUT2D eigenvalue weighted by Gasteiger charge is 2.31. The Morgan fingerprint density at radius 1 is 0.788 bits per heavy atom. The summed E-state index contributed by atoms with van der Waals surface area (Å²) < 4.78 is 50.4. The third kappa shape index (κ3) is 9.57. The summed E-state index contributed by atoms with van der Waals surface area (Å²) in [6, 6.07) is 17.2. The second kappa shape index (κ2) is 18.7. The lowest BCUT2D eigenvalue weighted by Gasteiger charge is -2.43. The number of aromatic nitrogens is 3. The van der Waals surface area contributed by atoms with Gasteiger partial charge in [0.25, 0.3) is 0 Å². The van der Waals surface area contributed by atoms with Crippen molar-refractivity contribution in [3.05, 3.63) is 114 Å². The number of para-hydroxylation sites is 1. The molecule has 0 bridgehead atoms. The van der Waals surface area contributed by atoms with Gasteiger partial charge in [-0.25, -0.2) is 13.2 Å². The number of fused-ring (bicyclic) bond motifs is 2. The Morgan fingerprint density at radius 3 is 2.29 bits per heavy atom. The SMILES string of the molecule is C=C1CCC(c2c(F)cc(N3CCC(CCN4CCN(C5CCN(c6ccc(Nc7nc(Nc8cccc9c8NS(C)(C)CC9)c8cc[nH]c8n7)cc6F)CC5)CC4)CC3)cc2F)C(=C)N1. The number of rotatable bonds is 11. The van der Waals surface area contributed by atoms with Crippen LogP contribution < -0.4 is 30.5 Å². The van der Waals surface area contributed by atoms with Crippen LogP contribution in [0.3, 0.4) is 0 Å². The Labute approximate surface area is 388 Å². The Hall–Kier alpha value is -5.38. The lowest BCUT2D eigenvalue weighted by Crippen LogP contribution is -2.53. The predicted octanol–water partition coefficient (Wildman–Crippen LogP) is 10.2. The average molecular weight is 920 g/mol. The zero-order chi connectivity index (χ0) is 45.5. The number of nitrogens with one attached hydrogen (secondary N) is 5. The molecule has 0 spiro atoms. The molecule has 5 aliphatic heterocycles. The zero-order valence-corrected chi connectivity index (χ0v) is 39.2. The zero-order valence-electron chi connectivity index (χ0n) is 38.4. The number of hydrogen-bond donors (Lipinski definition) is 5. The first-order chi connectivity index (χ1) is 31.9. The molecule has 4 saturated heterocycles. The second-order valence-electron chi connectivity index (χ2n) is 19.5. The van der Waals surface area contributed by atoms with Gasteiger partial charge in [0.2, 0.25) is 5.95 Å². The highest BCUT2D eigenvalue weighted by atomic mass is 32.3. The summed E-state index contributed by atoms with van der Waals surface area (Å²) in [4.78, 5) is 22.4. The van der Waals surface area contributed by atoms with Crippen LogP contribution in [-0.4, -0.2) is 108 Å². The number of H-pyrrole nitrogens is 1. The Morgan fingerprint density at radius 2 is 1.55 bits per heavy atom. The van der Waals surface area contributed by atoms with Crippen molar-refractivity contribution in [2.45, 2.75) is 63.3 Å². The van der Waals surface area contributed by atoms with E-state index in [1.54, 1.807) is 6.07 Å². The van der Waals surface area contributed by atoms with Crippen LogP contribution in [0.2, 0.25) is 0 Å². The number of piperidine rings is 3. The van der Waals surface area contributed by atoms with Crippen LogP contribution in [0.1, 0.15) is 62.0 Å². The lowest BCUT2D eigenvalue weighted by molar-refractivity contribution is 0.0808. The Bertz CT molecular complexity index is 2570. The van der Waals surface area contributed by atoms with Crippen molar-refractivity contribution in [1.29, 1.82) is 0 Å². The quantitative estimate of drug-likeness (QED) is 0.0881. The molecule has 5 aromatic rings. The molecule has 1 atom stereocenters. The third-order valence-electron chi connectivity index (χ3n) is 14.8. The summed E-state index contributed by atoms with van der Waals surface area (Å²) in [6.45, 7) is 16.5. The summed E-state index contributed by atoms with van der Waals surface area (Å²) in [7, 11) is -0.935. The van der Waals surface area contributed by atoms with E-state index in [1.807, 2.05) is 24.4 Å². The lowest BCUT2D eigenvalue weighted by atomic mass is 9.87. The topological polar surface area (TPSA) is 103 Å². The monoisotopic (exact) mass is 920 g/mol. The number of aromatic amines is 1. The molecule has 3 aromatic carbocycles. The van der Waals surface area contributed by atoms with Crippen molar-refractivity contribution in [1.82, 2.24) is 30.1 Å². The first-order valence-electron chi connectivity index (χ1n) is 23.8. The molecule has 7 heterocycles. The molecule has 0 amide bonds. The van der Waals surface area contributed by atoms with Gasteiger partial charge < -0.3 is 40.4 Å². The Balaban J connectivity index is 0.673. The fraction of sp³-hybridized carbons (Fsp3) is 0.451. The van der Waals surface area contributed by atoms with Crippen LogP contribution in [0.15, 0.2) is 85.3 Å². The molecular weight excluding hydrogens is 856 g/mol. The minimum Gasteiger partial charge on any atom is -0.371 e. The Kier molecular flexibility index (Phi) is 12.6. The summed E-state index contributed by atoms with van der Waals surface area (Å²) in [5.74, 6) is 1.20. The summed E-state index contributed by atoms with van der Waals surface area (Å²) in [5.41, 5.74) is 7.52. The number of piperazine rings is 1. The van der Waals surface area contributed by atoms with Crippen LogP contribution in [0.4, 0.5) is 53.4 Å². The number of nitrogens with zero attached hydrogens (tertiary/aromatic N) is 6. The highest BCUT2D eigenvalue weighted by molar-refractivity contribution is 8.33. The molecule has 5 aliphatic rings. The molecular formula is C51H64F3N11S. The van der Waals surface area contributed by atoms with Gasteiger partial charge >= 0.3 is 0 Å². The van der Waals surface area contributed by atoms with Gasteiger partial charge in [-0.1, -0.05) is 25.3 Å². The van der Waals surface area contributed by atoms with E-state index in [0.717, 1.165) is 126 Å². The fourth-order valence-corrected chi connectivity index (χ4v) is 12.5. The number of halogens is 3. The largest absolute Gasteiger partial charge is 0.371 e. The van der Waals surface area contributed by atoms with E-state index >= 15 is 13.2 Å². The number of aryl methyl sites for hydroxylation is 1. The standard InChI is InChI=1S/C51H64F3N11S/c1-33-8-10-40(34(2)56-33)47-43(53)31-39(32-44(47)54)63-21-14-35(15-22-63)13-20-62-25-27-64(28-26-62)38-16-23-65(24-17-38)46-11-9-37(30-42(46)52)57-51-59-49-41(12-19-55-49)50(60-51)58-45-7-5-6-36-18-29-66(3,4)61-48(36)45/h5-7,9,11-12,19,30-32,35,38,40,56,61H,1-2,8,10,13-18,20-29H2,3-4H3,(H3,55,57,58,59,60). The maximum Gasteiger partial charge on any atom is 0.231 e. The van der Waals surface area contributed by atoms with E-state index in [-0.39, 0.29) is 17.3 Å². The van der Waals surface area contributed by atoms with E-state index in [2.05, 4.69) is 89.1 Å². The number of benzene rings is 3. The molecule has 4 fully saturated rings. The van der Waals surface area contributed by atoms with Gasteiger partial charge in [-0.3, -0.25) is 4.90 Å². The minimum atomic E-state index is -0.935. The third-order valence-corrected chi connectivity index (χ3v) is 16.7. The summed E-state index contributed by atoms with van der Waals surface area (Å²) >= 11 is 0. The van der Waals surface area contributed by atoms with Gasteiger partial charge in [0.15, 0.2) is 0 Å². The van der Waals surface area contributed by atoms with Crippen molar-refractivity contribution < 1.29 is 13.2 Å². The molecule has 10 rings (SSSR count). The van der Waals surface area contributed by atoms with Crippen molar-refractivity contribution in [3.8, 4) is 0 Å². The molecule has 1 unspecified atom stereocenters. The van der Waals surface area contributed by atoms with Gasteiger partial charge in [-0.15, -0.1) is 0 Å². The van der Waals surface area contributed by atoms with Crippen LogP contribution in [0.25, 0.3) is 11.0 Å². The van der Waals surface area contributed by atoms with E-state index in [9.17, 15) is 0 Å². The van der Waals surface area contributed by atoms with Crippen molar-refractivity contribution in [2.24, 2.45) is 5.92 Å². The molecule has 11 nitrogen and oxygen atoms in total. The van der Waals surface area contributed by atoms with Crippen LogP contribution >= 0.6 is 10.2 Å². The molecule has 5 N–H and O–H groups in total. The van der Waals surface area contributed by atoms with E-state index in [1.165, 1.54) is 17.7 Å². The number of anilines is 7. The molecule has 15 heteroatoms. The normalized spacial score (nSPS) is 21.6. The first kappa shape index (κ1) is 44.5. The number of hydrogen-bond acceptors (Lipinski definition) is 10. The molecule has 0 aliphatic carbocycles. The van der Waals surface area contributed by atoms with E-state index in [0.29, 0.717) is 65.0 Å². The van der Waals surface area contributed by atoms with E-state index < -0.39 is 21.8 Å². The smallest absolute Gasteiger partial charge is 0.231 e. The molecule has 0 saturated carbocycles. The van der Waals surface area contributed by atoms with Crippen LogP contribution in [0.5, 0.6) is 0 Å². The van der Waals surface area contributed by atoms with Gasteiger partial charge in [0.05, 0.1) is 22.4 Å². The number of allylic oxidation sites excluding steroid dienone is 2. The van der Waals surface area contributed by atoms with Crippen molar-refractivity contribution >= 4 is 61.5 Å².